The van der Waals surface area contributed by atoms with Gasteiger partial charge in [0.15, 0.2) is 0 Å². The fourth-order valence-electron chi connectivity index (χ4n) is 2.48. The molecule has 1 heterocycles. The summed E-state index contributed by atoms with van der Waals surface area (Å²) < 4.78 is 53.8. The van der Waals surface area contributed by atoms with Gasteiger partial charge in [0.25, 0.3) is 0 Å². The number of carbonyl (C=O) groups is 1. The summed E-state index contributed by atoms with van der Waals surface area (Å²) in [7, 11) is -3.95. The minimum Gasteiger partial charge on any atom is -0.323 e. The molecule has 9 heteroatoms. The molecule has 0 saturated heterocycles. The Hall–Kier alpha value is -3.43. The van der Waals surface area contributed by atoms with Gasteiger partial charge in [0.1, 0.15) is 11.6 Å². The van der Waals surface area contributed by atoms with Crippen molar-refractivity contribution in [3.8, 4) is 0 Å². The van der Waals surface area contributed by atoms with E-state index in [1.54, 1.807) is 30.6 Å². The lowest BCUT2D eigenvalue weighted by molar-refractivity contribution is -0.111. The number of rotatable bonds is 7. The Labute approximate surface area is 172 Å². The van der Waals surface area contributed by atoms with Crippen molar-refractivity contribution in [3.05, 3.63) is 95.8 Å². The van der Waals surface area contributed by atoms with Crippen molar-refractivity contribution in [2.75, 3.05) is 5.32 Å². The zero-order chi connectivity index (χ0) is 21.6. The van der Waals surface area contributed by atoms with Crippen molar-refractivity contribution < 1.29 is 22.0 Å². The van der Waals surface area contributed by atoms with E-state index in [1.165, 1.54) is 30.3 Å². The van der Waals surface area contributed by atoms with E-state index in [0.717, 1.165) is 23.8 Å². The van der Waals surface area contributed by atoms with Crippen molar-refractivity contribution in [1.82, 2.24) is 9.71 Å². The summed E-state index contributed by atoms with van der Waals surface area (Å²) in [5.41, 5.74) is 1.10. The Kier molecular flexibility index (Phi) is 6.65. The van der Waals surface area contributed by atoms with Crippen LogP contribution in [0.4, 0.5) is 14.5 Å². The number of benzene rings is 2. The number of hydrogen-bond donors (Lipinski definition) is 2. The summed E-state index contributed by atoms with van der Waals surface area (Å²) in [6, 6.07) is 11.7. The Morgan fingerprint density at radius 1 is 1.00 bits per heavy atom. The molecule has 3 aromatic rings. The average molecular weight is 429 g/mol. The molecule has 0 bridgehead atoms. The lowest BCUT2D eigenvalue weighted by atomic mass is 10.2. The van der Waals surface area contributed by atoms with Crippen LogP contribution in [0.15, 0.2) is 78.0 Å². The molecule has 0 fully saturated rings. The largest absolute Gasteiger partial charge is 0.323 e. The number of amides is 1. The molecule has 0 aliphatic heterocycles. The number of carbonyl (C=O) groups excluding carboxylic acids is 1. The standard InChI is InChI=1S/C21H17F2N3O3S/c22-17-2-7-20(23)16(13-17)14-25-30(28,29)19-5-3-18(4-6-19)26-21(27)8-1-15-9-11-24-12-10-15/h1-13,25H,14H2,(H,26,27)/b8-1+. The maximum Gasteiger partial charge on any atom is 0.248 e. The van der Waals surface area contributed by atoms with E-state index in [0.29, 0.717) is 5.69 Å². The van der Waals surface area contributed by atoms with E-state index in [4.69, 9.17) is 0 Å². The normalized spacial score (nSPS) is 11.5. The van der Waals surface area contributed by atoms with Gasteiger partial charge >= 0.3 is 0 Å². The monoisotopic (exact) mass is 429 g/mol. The van der Waals surface area contributed by atoms with Gasteiger partial charge in [0, 0.05) is 36.3 Å². The number of pyridine rings is 1. The van der Waals surface area contributed by atoms with E-state index >= 15 is 0 Å². The molecule has 0 unspecified atom stereocenters. The van der Waals surface area contributed by atoms with Crippen molar-refractivity contribution in [2.45, 2.75) is 11.4 Å². The van der Waals surface area contributed by atoms with E-state index in [1.807, 2.05) is 0 Å². The second-order valence-corrected chi connectivity index (χ2v) is 7.95. The third kappa shape index (κ3) is 5.79. The highest BCUT2D eigenvalue weighted by Crippen LogP contribution is 2.16. The van der Waals surface area contributed by atoms with Gasteiger partial charge in [-0.25, -0.2) is 21.9 Å². The van der Waals surface area contributed by atoms with Gasteiger partial charge in [-0.05, 0) is 66.2 Å². The number of anilines is 1. The number of nitrogens with one attached hydrogen (secondary N) is 2. The molecule has 6 nitrogen and oxygen atoms in total. The van der Waals surface area contributed by atoms with Gasteiger partial charge in [0.05, 0.1) is 4.90 Å². The summed E-state index contributed by atoms with van der Waals surface area (Å²) in [5, 5.41) is 2.61. The minimum absolute atomic E-state index is 0.0790. The number of sulfonamides is 1. The van der Waals surface area contributed by atoms with Crippen LogP contribution in [0.5, 0.6) is 0 Å². The van der Waals surface area contributed by atoms with Crippen molar-refractivity contribution in [3.63, 3.8) is 0 Å². The molecule has 0 atom stereocenters. The van der Waals surface area contributed by atoms with E-state index in [9.17, 15) is 22.0 Å². The van der Waals surface area contributed by atoms with Gasteiger partial charge in [-0.15, -0.1) is 0 Å². The predicted molar refractivity (Wildman–Crippen MR) is 109 cm³/mol. The molecule has 0 aliphatic rings. The first-order chi connectivity index (χ1) is 14.3. The van der Waals surface area contributed by atoms with Gasteiger partial charge in [0.2, 0.25) is 15.9 Å². The Bertz CT molecular complexity index is 1170. The first-order valence-electron chi connectivity index (χ1n) is 8.76. The van der Waals surface area contributed by atoms with Crippen LogP contribution in [-0.4, -0.2) is 19.3 Å². The number of aromatic nitrogens is 1. The molecule has 1 amide bonds. The molecule has 2 aromatic carbocycles. The first-order valence-corrected chi connectivity index (χ1v) is 10.2. The lowest BCUT2D eigenvalue weighted by Crippen LogP contribution is -2.23. The molecule has 0 saturated carbocycles. The molecule has 154 valence electrons. The van der Waals surface area contributed by atoms with E-state index in [-0.39, 0.29) is 16.4 Å². The second-order valence-electron chi connectivity index (χ2n) is 6.19. The summed E-state index contributed by atoms with van der Waals surface area (Å²) >= 11 is 0. The van der Waals surface area contributed by atoms with Gasteiger partial charge in [-0.3, -0.25) is 9.78 Å². The topological polar surface area (TPSA) is 88.2 Å². The predicted octanol–water partition coefficient (Wildman–Crippen LogP) is 3.49. The fourth-order valence-corrected chi connectivity index (χ4v) is 3.49. The highest BCUT2D eigenvalue weighted by molar-refractivity contribution is 7.89. The van der Waals surface area contributed by atoms with Crippen LogP contribution in [-0.2, 0) is 21.4 Å². The molecule has 0 aliphatic carbocycles. The summed E-state index contributed by atoms with van der Waals surface area (Å²) in [6.45, 7) is -0.399. The molecule has 0 radical (unpaired) electrons. The molecule has 2 N–H and O–H groups in total. The third-order valence-corrected chi connectivity index (χ3v) is 5.44. The number of hydrogen-bond acceptors (Lipinski definition) is 4. The smallest absolute Gasteiger partial charge is 0.248 e. The first kappa shape index (κ1) is 21.3. The molecular formula is C21H17F2N3O3S. The van der Waals surface area contributed by atoms with Gasteiger partial charge in [-0.2, -0.15) is 0 Å². The average Bonchev–Trinajstić information content (AvgIpc) is 2.74. The molecule has 1 aromatic heterocycles. The highest BCUT2D eigenvalue weighted by Gasteiger charge is 2.15. The quantitative estimate of drug-likeness (QED) is 0.563. The number of halogens is 2. The Morgan fingerprint density at radius 3 is 2.40 bits per heavy atom. The van der Waals surface area contributed by atoms with E-state index < -0.39 is 28.2 Å². The van der Waals surface area contributed by atoms with Crippen LogP contribution in [0.25, 0.3) is 6.08 Å². The van der Waals surface area contributed by atoms with E-state index in [2.05, 4.69) is 15.0 Å². The Morgan fingerprint density at radius 2 is 1.70 bits per heavy atom. The Balaban J connectivity index is 1.62. The minimum atomic E-state index is -3.95. The summed E-state index contributed by atoms with van der Waals surface area (Å²) in [4.78, 5) is 15.8. The second kappa shape index (κ2) is 9.38. The zero-order valence-electron chi connectivity index (χ0n) is 15.5. The SMILES string of the molecule is O=C(/C=C/c1ccncc1)Nc1ccc(S(=O)(=O)NCc2cc(F)ccc2F)cc1. The summed E-state index contributed by atoms with van der Waals surface area (Å²) in [6.07, 6.45) is 6.17. The van der Waals surface area contributed by atoms with Crippen molar-refractivity contribution >= 4 is 27.7 Å². The van der Waals surface area contributed by atoms with Gasteiger partial charge < -0.3 is 5.32 Å². The van der Waals surface area contributed by atoms with Crippen LogP contribution in [0.1, 0.15) is 11.1 Å². The molecule has 0 spiro atoms. The van der Waals surface area contributed by atoms with Crippen molar-refractivity contribution in [2.24, 2.45) is 0 Å². The van der Waals surface area contributed by atoms with Crippen LogP contribution in [0, 0.1) is 11.6 Å². The fraction of sp³-hybridized carbons (Fsp3) is 0.0476. The maximum atomic E-state index is 13.6. The third-order valence-electron chi connectivity index (χ3n) is 4.03. The highest BCUT2D eigenvalue weighted by atomic mass is 32.2. The summed E-state index contributed by atoms with van der Waals surface area (Å²) in [5.74, 6) is -1.76. The van der Waals surface area contributed by atoms with Crippen LogP contribution < -0.4 is 10.0 Å². The zero-order valence-corrected chi connectivity index (χ0v) is 16.4. The van der Waals surface area contributed by atoms with Crippen LogP contribution in [0.2, 0.25) is 0 Å². The number of nitrogens with zero attached hydrogens (tertiary/aromatic N) is 1. The molecular weight excluding hydrogens is 412 g/mol. The molecule has 30 heavy (non-hydrogen) atoms. The molecule has 3 rings (SSSR count). The maximum absolute atomic E-state index is 13.6. The van der Waals surface area contributed by atoms with Crippen molar-refractivity contribution in [1.29, 1.82) is 0 Å². The lowest BCUT2D eigenvalue weighted by Gasteiger charge is -2.09. The van der Waals surface area contributed by atoms with Crippen LogP contribution in [0.3, 0.4) is 0 Å². The van der Waals surface area contributed by atoms with Crippen LogP contribution >= 0.6 is 0 Å². The van der Waals surface area contributed by atoms with Gasteiger partial charge in [-0.1, -0.05) is 0 Å².